The number of nitrogens with zero attached hydrogens (tertiary/aromatic N) is 1. The second-order valence-electron chi connectivity index (χ2n) is 5.54. The van der Waals surface area contributed by atoms with E-state index in [2.05, 4.69) is 10.6 Å². The van der Waals surface area contributed by atoms with Gasteiger partial charge in [0.1, 0.15) is 0 Å². The molecule has 0 aromatic carbocycles. The fourth-order valence-corrected chi connectivity index (χ4v) is 1.75. The predicted octanol–water partition coefficient (Wildman–Crippen LogP) is 0.0655. The van der Waals surface area contributed by atoms with E-state index in [0.717, 1.165) is 13.0 Å². The standard InChI is InChI=1S/C11H22N4O2.ClH/c1-11(2,3)14-10(17)13-9(16)7-15-5-4-8(12)6-15;/h8H,4-7,12H2,1-3H3,(H2,13,14,16,17);1H/t8-;/m0./s1. The van der Waals surface area contributed by atoms with Crippen molar-refractivity contribution in [2.24, 2.45) is 5.73 Å². The van der Waals surface area contributed by atoms with Crippen LogP contribution in [0.2, 0.25) is 0 Å². The van der Waals surface area contributed by atoms with Gasteiger partial charge in [-0.2, -0.15) is 0 Å². The molecule has 106 valence electrons. The van der Waals surface area contributed by atoms with Crippen molar-refractivity contribution in [1.29, 1.82) is 0 Å². The Balaban J connectivity index is 0.00000289. The second-order valence-corrected chi connectivity index (χ2v) is 5.54. The summed E-state index contributed by atoms with van der Waals surface area (Å²) in [5.74, 6) is -0.291. The first-order valence-corrected chi connectivity index (χ1v) is 5.86. The summed E-state index contributed by atoms with van der Waals surface area (Å²) in [6.45, 7) is 7.33. The summed E-state index contributed by atoms with van der Waals surface area (Å²) < 4.78 is 0. The molecule has 1 heterocycles. The van der Waals surface area contributed by atoms with Crippen LogP contribution >= 0.6 is 12.4 Å². The Hall–Kier alpha value is -0.850. The molecule has 3 amide bonds. The summed E-state index contributed by atoms with van der Waals surface area (Å²) >= 11 is 0. The van der Waals surface area contributed by atoms with Crippen molar-refractivity contribution in [2.75, 3.05) is 19.6 Å². The van der Waals surface area contributed by atoms with Crippen molar-refractivity contribution in [2.45, 2.75) is 38.8 Å². The number of likely N-dealkylation sites (tertiary alicyclic amines) is 1. The highest BCUT2D eigenvalue weighted by atomic mass is 35.5. The smallest absolute Gasteiger partial charge is 0.321 e. The van der Waals surface area contributed by atoms with E-state index < -0.39 is 6.03 Å². The van der Waals surface area contributed by atoms with Crippen LogP contribution in [0.3, 0.4) is 0 Å². The summed E-state index contributed by atoms with van der Waals surface area (Å²) in [5, 5.41) is 4.98. The summed E-state index contributed by atoms with van der Waals surface area (Å²) in [4.78, 5) is 24.9. The Morgan fingerprint density at radius 1 is 1.39 bits per heavy atom. The number of carbonyl (C=O) groups is 2. The van der Waals surface area contributed by atoms with Gasteiger partial charge in [0.25, 0.3) is 0 Å². The Bertz CT molecular complexity index is 304. The summed E-state index contributed by atoms with van der Waals surface area (Å²) in [7, 11) is 0. The lowest BCUT2D eigenvalue weighted by atomic mass is 10.1. The van der Waals surface area contributed by atoms with Crippen LogP contribution in [0.4, 0.5) is 4.79 Å². The maximum Gasteiger partial charge on any atom is 0.321 e. The van der Waals surface area contributed by atoms with Crippen LogP contribution in [0.25, 0.3) is 0 Å². The monoisotopic (exact) mass is 278 g/mol. The first-order valence-electron chi connectivity index (χ1n) is 5.86. The average Bonchev–Trinajstić information content (AvgIpc) is 2.46. The zero-order chi connectivity index (χ0) is 13.1. The number of halogens is 1. The fraction of sp³-hybridized carbons (Fsp3) is 0.818. The quantitative estimate of drug-likeness (QED) is 0.667. The van der Waals surface area contributed by atoms with Crippen LogP contribution in [0.5, 0.6) is 0 Å². The molecular formula is C11H23ClN4O2. The van der Waals surface area contributed by atoms with Crippen LogP contribution in [0.15, 0.2) is 0 Å². The lowest BCUT2D eigenvalue weighted by molar-refractivity contribution is -0.120. The van der Waals surface area contributed by atoms with E-state index in [4.69, 9.17) is 5.73 Å². The van der Waals surface area contributed by atoms with Crippen LogP contribution < -0.4 is 16.4 Å². The van der Waals surface area contributed by atoms with Crippen LogP contribution in [-0.2, 0) is 4.79 Å². The van der Waals surface area contributed by atoms with Gasteiger partial charge in [0.05, 0.1) is 6.54 Å². The first-order chi connectivity index (χ1) is 7.76. The number of hydrogen-bond donors (Lipinski definition) is 3. The molecule has 1 rings (SSSR count). The normalized spacial score (nSPS) is 20.1. The molecule has 0 aromatic heterocycles. The van der Waals surface area contributed by atoms with Gasteiger partial charge in [-0.15, -0.1) is 12.4 Å². The lowest BCUT2D eigenvalue weighted by Crippen LogP contribution is -2.50. The van der Waals surface area contributed by atoms with E-state index in [-0.39, 0.29) is 36.4 Å². The van der Waals surface area contributed by atoms with Gasteiger partial charge in [0.15, 0.2) is 0 Å². The summed E-state index contributed by atoms with van der Waals surface area (Å²) in [6.07, 6.45) is 0.904. The Labute approximate surface area is 114 Å². The molecule has 1 saturated heterocycles. The zero-order valence-electron chi connectivity index (χ0n) is 11.2. The third-order valence-corrected chi connectivity index (χ3v) is 2.42. The highest BCUT2D eigenvalue weighted by molar-refractivity contribution is 5.95. The summed E-state index contributed by atoms with van der Waals surface area (Å²) in [6, 6.07) is -0.308. The lowest BCUT2D eigenvalue weighted by Gasteiger charge is -2.21. The molecule has 0 spiro atoms. The van der Waals surface area contributed by atoms with E-state index in [1.807, 2.05) is 25.7 Å². The molecule has 0 radical (unpaired) electrons. The molecule has 1 atom stereocenters. The minimum absolute atomic E-state index is 0. The SMILES string of the molecule is CC(C)(C)NC(=O)NC(=O)CN1CC[C@H](N)C1.Cl. The first kappa shape index (κ1) is 17.2. The van der Waals surface area contributed by atoms with Gasteiger partial charge in [0.2, 0.25) is 5.91 Å². The predicted molar refractivity (Wildman–Crippen MR) is 72.7 cm³/mol. The van der Waals surface area contributed by atoms with Gasteiger partial charge < -0.3 is 11.1 Å². The zero-order valence-corrected chi connectivity index (χ0v) is 12.0. The Morgan fingerprint density at radius 3 is 2.44 bits per heavy atom. The molecule has 0 bridgehead atoms. The van der Waals surface area contributed by atoms with Gasteiger partial charge >= 0.3 is 6.03 Å². The number of amides is 3. The van der Waals surface area contributed by atoms with Crippen molar-refractivity contribution in [3.05, 3.63) is 0 Å². The van der Waals surface area contributed by atoms with Gasteiger partial charge in [-0.05, 0) is 27.2 Å². The van der Waals surface area contributed by atoms with Crippen LogP contribution in [0, 0.1) is 0 Å². The van der Waals surface area contributed by atoms with E-state index in [1.165, 1.54) is 0 Å². The van der Waals surface area contributed by atoms with Gasteiger partial charge in [-0.3, -0.25) is 15.0 Å². The largest absolute Gasteiger partial charge is 0.333 e. The molecule has 0 aliphatic carbocycles. The maximum atomic E-state index is 11.5. The van der Waals surface area contributed by atoms with Gasteiger partial charge in [-0.25, -0.2) is 4.79 Å². The minimum Gasteiger partial charge on any atom is -0.333 e. The molecular weight excluding hydrogens is 256 g/mol. The van der Waals surface area contributed by atoms with Crippen molar-refractivity contribution in [1.82, 2.24) is 15.5 Å². The molecule has 0 aromatic rings. The topological polar surface area (TPSA) is 87.5 Å². The molecule has 0 saturated carbocycles. The van der Waals surface area contributed by atoms with Gasteiger partial charge in [-0.1, -0.05) is 0 Å². The van der Waals surface area contributed by atoms with E-state index in [1.54, 1.807) is 0 Å². The fourth-order valence-electron chi connectivity index (χ4n) is 1.75. The van der Waals surface area contributed by atoms with Crippen LogP contribution in [0.1, 0.15) is 27.2 Å². The number of nitrogens with one attached hydrogen (secondary N) is 2. The molecule has 1 fully saturated rings. The average molecular weight is 279 g/mol. The third kappa shape index (κ3) is 6.78. The summed E-state index contributed by atoms with van der Waals surface area (Å²) in [5.41, 5.74) is 5.39. The molecule has 1 aliphatic rings. The molecule has 18 heavy (non-hydrogen) atoms. The molecule has 1 aliphatic heterocycles. The number of carbonyl (C=O) groups excluding carboxylic acids is 2. The highest BCUT2D eigenvalue weighted by Gasteiger charge is 2.22. The van der Waals surface area contributed by atoms with Crippen molar-refractivity contribution in [3.63, 3.8) is 0 Å². The van der Waals surface area contributed by atoms with E-state index >= 15 is 0 Å². The second kappa shape index (κ2) is 6.92. The van der Waals surface area contributed by atoms with Crippen molar-refractivity contribution >= 4 is 24.3 Å². The number of nitrogens with two attached hydrogens (primary N) is 1. The highest BCUT2D eigenvalue weighted by Crippen LogP contribution is 2.05. The number of hydrogen-bond acceptors (Lipinski definition) is 4. The number of urea groups is 1. The number of imide groups is 1. The Kier molecular flexibility index (Phi) is 6.59. The molecule has 7 heteroatoms. The Morgan fingerprint density at radius 2 is 2.00 bits per heavy atom. The van der Waals surface area contributed by atoms with E-state index in [9.17, 15) is 9.59 Å². The van der Waals surface area contributed by atoms with Gasteiger partial charge in [0, 0.05) is 24.7 Å². The van der Waals surface area contributed by atoms with E-state index in [0.29, 0.717) is 6.54 Å². The third-order valence-electron chi connectivity index (χ3n) is 2.42. The minimum atomic E-state index is -0.453. The van der Waals surface area contributed by atoms with Crippen molar-refractivity contribution < 1.29 is 9.59 Å². The number of rotatable bonds is 2. The van der Waals surface area contributed by atoms with Crippen LogP contribution in [-0.4, -0.2) is 48.1 Å². The molecule has 6 nitrogen and oxygen atoms in total. The van der Waals surface area contributed by atoms with Crippen molar-refractivity contribution in [3.8, 4) is 0 Å². The maximum absolute atomic E-state index is 11.5. The molecule has 4 N–H and O–H groups in total. The molecule has 0 unspecified atom stereocenters.